The normalized spacial score (nSPS) is 39.3. The molecule has 0 amide bonds. The first-order valence-corrected chi connectivity index (χ1v) is 11.1. The molecule has 0 aromatic carbocycles. The minimum absolute atomic E-state index is 0.267. The van der Waals surface area contributed by atoms with Crippen molar-refractivity contribution in [3.63, 3.8) is 0 Å². The first-order chi connectivity index (χ1) is 14.0. The van der Waals surface area contributed by atoms with Gasteiger partial charge in [-0.2, -0.15) is 0 Å². The molecule has 0 spiro atoms. The van der Waals surface area contributed by atoms with Crippen LogP contribution in [0.25, 0.3) is 0 Å². The Balaban J connectivity index is 1.77. The molecule has 0 aromatic heterocycles. The smallest absolute Gasteiger partial charge is 0.184 e. The number of halogens is 4. The minimum atomic E-state index is -2.01. The fraction of sp³-hybridized carbons (Fsp3) is 0.667. The summed E-state index contributed by atoms with van der Waals surface area (Å²) in [7, 11) is 0. The third-order valence-electron chi connectivity index (χ3n) is 7.34. The molecule has 0 aromatic rings. The first-order valence-electron chi connectivity index (χ1n) is 11.1. The van der Waals surface area contributed by atoms with Gasteiger partial charge in [0.15, 0.2) is 12.3 Å². The molecule has 5 heteroatoms. The highest BCUT2D eigenvalue weighted by atomic mass is 19.2. The minimum Gasteiger partial charge on any atom is -0.353 e. The number of alkyl halides is 2. The monoisotopic (exact) mass is 410 g/mol. The summed E-state index contributed by atoms with van der Waals surface area (Å²) in [5, 5.41) is 0. The van der Waals surface area contributed by atoms with Crippen LogP contribution < -0.4 is 0 Å². The summed E-state index contributed by atoms with van der Waals surface area (Å²) >= 11 is 0. The van der Waals surface area contributed by atoms with Gasteiger partial charge in [0, 0.05) is 0 Å². The van der Waals surface area contributed by atoms with Crippen molar-refractivity contribution in [1.82, 2.24) is 0 Å². The number of allylic oxidation sites excluding steroid dienone is 4. The van der Waals surface area contributed by atoms with E-state index in [9.17, 15) is 8.78 Å². The summed E-state index contributed by atoms with van der Waals surface area (Å²) < 4.78 is 66.5. The summed E-state index contributed by atoms with van der Waals surface area (Å²) in [5.41, 5.74) is -3.22. The molecule has 29 heavy (non-hydrogen) atoms. The fourth-order valence-corrected chi connectivity index (χ4v) is 5.79. The van der Waals surface area contributed by atoms with Crippen molar-refractivity contribution in [2.24, 2.45) is 11.8 Å². The van der Waals surface area contributed by atoms with E-state index in [2.05, 4.69) is 0 Å². The molecule has 4 rings (SSSR count). The van der Waals surface area contributed by atoms with E-state index >= 15 is 8.78 Å². The highest BCUT2D eigenvalue weighted by molar-refractivity contribution is 5.33. The largest absolute Gasteiger partial charge is 0.353 e. The Kier molecular flexibility index (Phi) is 6.06. The predicted octanol–water partition coefficient (Wildman–Crippen LogP) is 7.16. The van der Waals surface area contributed by atoms with Crippen molar-refractivity contribution in [2.75, 3.05) is 0 Å². The second-order valence-corrected chi connectivity index (χ2v) is 9.03. The summed E-state index contributed by atoms with van der Waals surface area (Å²) in [6.07, 6.45) is 12.7. The van der Waals surface area contributed by atoms with E-state index in [4.69, 9.17) is 4.74 Å². The summed E-state index contributed by atoms with van der Waals surface area (Å²) in [4.78, 5) is 0. The maximum absolute atomic E-state index is 15.5. The van der Waals surface area contributed by atoms with E-state index in [1.54, 1.807) is 12.2 Å². The molecule has 0 bridgehead atoms. The van der Waals surface area contributed by atoms with E-state index < -0.39 is 35.2 Å². The molecule has 0 heterocycles. The van der Waals surface area contributed by atoms with Gasteiger partial charge in [0.2, 0.25) is 0 Å². The average molecular weight is 410 g/mol. The molecule has 0 saturated heterocycles. The summed E-state index contributed by atoms with van der Waals surface area (Å²) in [6, 6.07) is 0. The maximum atomic E-state index is 15.5. The molecule has 0 radical (unpaired) electrons. The Bertz CT molecular complexity index is 654. The van der Waals surface area contributed by atoms with Gasteiger partial charge in [0.1, 0.15) is 22.9 Å². The molecule has 0 aliphatic heterocycles. The molecule has 4 aliphatic carbocycles. The van der Waals surface area contributed by atoms with Crippen LogP contribution in [0.2, 0.25) is 0 Å². The SMILES string of the molecule is FC1=CC=CC(OC2(C3CCCCC3)C=CC=C(F)C2F)(C2CCCCC2)C1F. The molecular weight excluding hydrogens is 380 g/mol. The van der Waals surface area contributed by atoms with Crippen LogP contribution in [0.15, 0.2) is 48.1 Å². The van der Waals surface area contributed by atoms with E-state index in [0.29, 0.717) is 25.7 Å². The molecule has 4 aliphatic rings. The third kappa shape index (κ3) is 3.64. The molecule has 160 valence electrons. The Morgan fingerprint density at radius 3 is 1.41 bits per heavy atom. The van der Waals surface area contributed by atoms with Gasteiger partial charge >= 0.3 is 0 Å². The Hall–Kier alpha value is -1.36. The van der Waals surface area contributed by atoms with Gasteiger partial charge < -0.3 is 4.74 Å². The Labute approximate surface area is 170 Å². The standard InChI is InChI=1S/C24H30F4O/c25-19-13-7-15-23(21(19)27,17-9-3-1-4-10-17)29-24(18-11-5-2-6-12-18)16-8-14-20(26)22(24)28/h7-8,13-18,21-22H,1-6,9-12H2. The Morgan fingerprint density at radius 2 is 1.03 bits per heavy atom. The molecule has 0 N–H and O–H groups in total. The van der Waals surface area contributed by atoms with Gasteiger partial charge in [0.25, 0.3) is 0 Å². The summed E-state index contributed by atoms with van der Waals surface area (Å²) in [5.74, 6) is -2.33. The van der Waals surface area contributed by atoms with Crippen molar-refractivity contribution in [3.05, 3.63) is 48.1 Å². The lowest BCUT2D eigenvalue weighted by molar-refractivity contribution is -0.212. The number of hydrogen-bond acceptors (Lipinski definition) is 1. The van der Waals surface area contributed by atoms with Crippen LogP contribution in [0.5, 0.6) is 0 Å². The lowest BCUT2D eigenvalue weighted by Gasteiger charge is -2.52. The van der Waals surface area contributed by atoms with Crippen LogP contribution in [-0.2, 0) is 4.74 Å². The van der Waals surface area contributed by atoms with Crippen molar-refractivity contribution < 1.29 is 22.3 Å². The van der Waals surface area contributed by atoms with Crippen molar-refractivity contribution in [2.45, 2.75) is 87.8 Å². The van der Waals surface area contributed by atoms with Gasteiger partial charge in [0.05, 0.1) is 0 Å². The number of hydrogen-bond donors (Lipinski definition) is 0. The highest BCUT2D eigenvalue weighted by Crippen LogP contribution is 2.51. The molecular formula is C24H30F4O. The number of rotatable bonds is 4. The van der Waals surface area contributed by atoms with Crippen molar-refractivity contribution >= 4 is 0 Å². The van der Waals surface area contributed by atoms with Gasteiger partial charge in [-0.25, -0.2) is 17.6 Å². The van der Waals surface area contributed by atoms with Gasteiger partial charge in [-0.05, 0) is 61.8 Å². The molecule has 2 saturated carbocycles. The van der Waals surface area contributed by atoms with E-state index in [1.807, 2.05) is 0 Å². The highest BCUT2D eigenvalue weighted by Gasteiger charge is 2.58. The quantitative estimate of drug-likeness (QED) is 0.447. The lowest BCUT2D eigenvalue weighted by Crippen LogP contribution is -2.60. The number of ether oxygens (including phenoxy) is 1. The van der Waals surface area contributed by atoms with Gasteiger partial charge in [-0.15, -0.1) is 0 Å². The van der Waals surface area contributed by atoms with Crippen LogP contribution in [0.4, 0.5) is 17.6 Å². The average Bonchev–Trinajstić information content (AvgIpc) is 2.76. The predicted molar refractivity (Wildman–Crippen MR) is 106 cm³/mol. The molecule has 4 atom stereocenters. The first kappa shape index (κ1) is 20.9. The zero-order chi connectivity index (χ0) is 20.5. The van der Waals surface area contributed by atoms with Gasteiger partial charge in [-0.1, -0.05) is 50.7 Å². The third-order valence-corrected chi connectivity index (χ3v) is 7.34. The van der Waals surface area contributed by atoms with Crippen LogP contribution in [0.1, 0.15) is 64.2 Å². The van der Waals surface area contributed by atoms with Crippen LogP contribution in [0, 0.1) is 11.8 Å². The van der Waals surface area contributed by atoms with Gasteiger partial charge in [-0.3, -0.25) is 0 Å². The van der Waals surface area contributed by atoms with E-state index in [-0.39, 0.29) is 11.8 Å². The second kappa shape index (κ2) is 8.41. The molecule has 4 unspecified atom stereocenters. The zero-order valence-electron chi connectivity index (χ0n) is 16.8. The van der Waals surface area contributed by atoms with Crippen molar-refractivity contribution in [1.29, 1.82) is 0 Å². The van der Waals surface area contributed by atoms with Crippen molar-refractivity contribution in [3.8, 4) is 0 Å². The molecule has 1 nitrogen and oxygen atoms in total. The lowest BCUT2D eigenvalue weighted by atomic mass is 9.69. The van der Waals surface area contributed by atoms with Crippen LogP contribution >= 0.6 is 0 Å². The molecule has 2 fully saturated rings. The summed E-state index contributed by atoms with van der Waals surface area (Å²) in [6.45, 7) is 0. The fourth-order valence-electron chi connectivity index (χ4n) is 5.79. The van der Waals surface area contributed by atoms with E-state index in [1.165, 1.54) is 12.2 Å². The Morgan fingerprint density at radius 1 is 0.655 bits per heavy atom. The zero-order valence-corrected chi connectivity index (χ0v) is 16.8. The van der Waals surface area contributed by atoms with Crippen LogP contribution in [0.3, 0.4) is 0 Å². The topological polar surface area (TPSA) is 9.23 Å². The second-order valence-electron chi connectivity index (χ2n) is 9.03. The van der Waals surface area contributed by atoms with Crippen LogP contribution in [-0.4, -0.2) is 23.5 Å². The maximum Gasteiger partial charge on any atom is 0.184 e. The van der Waals surface area contributed by atoms with E-state index in [0.717, 1.165) is 50.7 Å².